The SMILES string of the molecule is Nc1ncc(-c2cc3cc[nH]c(=O)c3c(CCCO)n2)cn1. The molecule has 0 saturated carbocycles. The van der Waals surface area contributed by atoms with Gasteiger partial charge in [0, 0.05) is 30.8 Å². The Hall–Kier alpha value is -2.80. The number of nitrogens with one attached hydrogen (secondary N) is 1. The molecule has 0 radical (unpaired) electrons. The van der Waals surface area contributed by atoms with Crippen molar-refractivity contribution in [2.24, 2.45) is 0 Å². The van der Waals surface area contributed by atoms with Gasteiger partial charge in [-0.05, 0) is 30.4 Å². The van der Waals surface area contributed by atoms with E-state index >= 15 is 0 Å². The third kappa shape index (κ3) is 2.66. The number of pyridine rings is 2. The predicted molar refractivity (Wildman–Crippen MR) is 83.2 cm³/mol. The van der Waals surface area contributed by atoms with Crippen LogP contribution < -0.4 is 11.3 Å². The molecule has 0 atom stereocenters. The van der Waals surface area contributed by atoms with E-state index < -0.39 is 0 Å². The van der Waals surface area contributed by atoms with E-state index in [1.807, 2.05) is 12.1 Å². The summed E-state index contributed by atoms with van der Waals surface area (Å²) in [5.74, 6) is 0.196. The molecule has 7 heteroatoms. The van der Waals surface area contributed by atoms with Crippen LogP contribution in [0, 0.1) is 0 Å². The summed E-state index contributed by atoms with van der Waals surface area (Å²) in [5.41, 5.74) is 7.36. The van der Waals surface area contributed by atoms with Crippen LogP contribution >= 0.6 is 0 Å². The summed E-state index contributed by atoms with van der Waals surface area (Å²) in [6.45, 7) is 0.0448. The summed E-state index contributed by atoms with van der Waals surface area (Å²) < 4.78 is 0. The van der Waals surface area contributed by atoms with Crippen LogP contribution in [0.1, 0.15) is 12.1 Å². The van der Waals surface area contributed by atoms with Crippen molar-refractivity contribution in [3.63, 3.8) is 0 Å². The number of nitrogen functional groups attached to an aromatic ring is 1. The van der Waals surface area contributed by atoms with Gasteiger partial charge < -0.3 is 15.8 Å². The van der Waals surface area contributed by atoms with Gasteiger partial charge in [-0.15, -0.1) is 0 Å². The van der Waals surface area contributed by atoms with E-state index in [9.17, 15) is 4.79 Å². The second-order valence-corrected chi connectivity index (χ2v) is 4.88. The standard InChI is InChI=1S/C15H15N5O2/c16-15-18-7-10(8-19-15)12-6-9-3-4-17-14(22)13(9)11(20-12)2-1-5-21/h3-4,6-8,21H,1-2,5H2,(H,17,22)(H2,16,18,19). The number of hydrogen-bond acceptors (Lipinski definition) is 6. The quantitative estimate of drug-likeness (QED) is 0.658. The molecule has 4 N–H and O–H groups in total. The third-order valence-electron chi connectivity index (χ3n) is 3.37. The van der Waals surface area contributed by atoms with Crippen LogP contribution in [0.3, 0.4) is 0 Å². The molecule has 3 aromatic heterocycles. The van der Waals surface area contributed by atoms with Crippen molar-refractivity contribution >= 4 is 16.7 Å². The molecule has 22 heavy (non-hydrogen) atoms. The zero-order valence-corrected chi connectivity index (χ0v) is 11.8. The molecule has 0 bridgehead atoms. The van der Waals surface area contributed by atoms with E-state index in [4.69, 9.17) is 10.8 Å². The summed E-state index contributed by atoms with van der Waals surface area (Å²) in [7, 11) is 0. The van der Waals surface area contributed by atoms with Crippen molar-refractivity contribution in [3.05, 3.63) is 46.8 Å². The second-order valence-electron chi connectivity index (χ2n) is 4.88. The highest BCUT2D eigenvalue weighted by molar-refractivity contribution is 5.86. The van der Waals surface area contributed by atoms with Gasteiger partial charge in [0.05, 0.1) is 16.8 Å². The number of aliphatic hydroxyl groups is 1. The number of hydrogen-bond donors (Lipinski definition) is 3. The second kappa shape index (κ2) is 5.90. The minimum Gasteiger partial charge on any atom is -0.396 e. The predicted octanol–water partition coefficient (Wildman–Crippen LogP) is 0.887. The van der Waals surface area contributed by atoms with Crippen LogP contribution in [0.25, 0.3) is 22.0 Å². The molecular weight excluding hydrogens is 282 g/mol. The van der Waals surface area contributed by atoms with Gasteiger partial charge in [0.1, 0.15) is 0 Å². The van der Waals surface area contributed by atoms with Crippen LogP contribution in [0.5, 0.6) is 0 Å². The van der Waals surface area contributed by atoms with E-state index in [1.165, 1.54) is 0 Å². The first-order valence-corrected chi connectivity index (χ1v) is 6.89. The first-order valence-electron chi connectivity index (χ1n) is 6.89. The summed E-state index contributed by atoms with van der Waals surface area (Å²) >= 11 is 0. The van der Waals surface area contributed by atoms with Crippen LogP contribution in [-0.2, 0) is 6.42 Å². The lowest BCUT2D eigenvalue weighted by Gasteiger charge is -2.08. The number of aliphatic hydroxyl groups excluding tert-OH is 1. The lowest BCUT2D eigenvalue weighted by Crippen LogP contribution is -2.10. The molecule has 7 nitrogen and oxygen atoms in total. The Balaban J connectivity index is 2.20. The zero-order chi connectivity index (χ0) is 15.5. The van der Waals surface area contributed by atoms with E-state index in [2.05, 4.69) is 19.9 Å². The molecule has 0 aliphatic rings. The number of nitrogens with two attached hydrogens (primary N) is 1. The van der Waals surface area contributed by atoms with Crippen LogP contribution in [-0.4, -0.2) is 31.6 Å². The molecule has 0 spiro atoms. The number of H-pyrrole nitrogens is 1. The molecule has 112 valence electrons. The average molecular weight is 297 g/mol. The Kier molecular flexibility index (Phi) is 3.80. The van der Waals surface area contributed by atoms with Crippen molar-refractivity contribution in [3.8, 4) is 11.3 Å². The minimum atomic E-state index is -0.182. The minimum absolute atomic E-state index is 0.0448. The van der Waals surface area contributed by atoms with E-state index in [0.29, 0.717) is 29.6 Å². The fourth-order valence-corrected chi connectivity index (χ4v) is 2.34. The maximum absolute atomic E-state index is 12.1. The van der Waals surface area contributed by atoms with Gasteiger partial charge in [0.25, 0.3) is 5.56 Å². The van der Waals surface area contributed by atoms with E-state index in [1.54, 1.807) is 18.6 Å². The topological polar surface area (TPSA) is 118 Å². The number of fused-ring (bicyclic) bond motifs is 1. The highest BCUT2D eigenvalue weighted by atomic mass is 16.2. The number of anilines is 1. The van der Waals surface area contributed by atoms with Gasteiger partial charge in [0.15, 0.2) is 0 Å². The van der Waals surface area contributed by atoms with E-state index in [0.717, 1.165) is 10.9 Å². The molecule has 3 aromatic rings. The highest BCUT2D eigenvalue weighted by Gasteiger charge is 2.11. The number of aryl methyl sites for hydroxylation is 1. The smallest absolute Gasteiger partial charge is 0.257 e. The maximum atomic E-state index is 12.1. The molecule has 0 amide bonds. The number of aromatic nitrogens is 4. The Bertz CT molecular complexity index is 858. The Morgan fingerprint density at radius 2 is 2.05 bits per heavy atom. The van der Waals surface area contributed by atoms with Crippen molar-refractivity contribution in [2.45, 2.75) is 12.8 Å². The third-order valence-corrected chi connectivity index (χ3v) is 3.37. The lowest BCUT2D eigenvalue weighted by molar-refractivity contribution is 0.288. The number of aromatic amines is 1. The molecular formula is C15H15N5O2. The first-order chi connectivity index (χ1) is 10.7. The summed E-state index contributed by atoms with van der Waals surface area (Å²) in [6, 6.07) is 3.64. The Morgan fingerprint density at radius 1 is 1.27 bits per heavy atom. The Labute approximate surface area is 125 Å². The van der Waals surface area contributed by atoms with Gasteiger partial charge in [-0.25, -0.2) is 9.97 Å². The molecule has 0 aromatic carbocycles. The van der Waals surface area contributed by atoms with Gasteiger partial charge in [0.2, 0.25) is 5.95 Å². The molecule has 0 aliphatic heterocycles. The fraction of sp³-hybridized carbons (Fsp3) is 0.200. The van der Waals surface area contributed by atoms with Crippen molar-refractivity contribution < 1.29 is 5.11 Å². The molecule has 3 heterocycles. The molecule has 3 rings (SSSR count). The largest absolute Gasteiger partial charge is 0.396 e. The molecule has 0 aliphatic carbocycles. The van der Waals surface area contributed by atoms with Gasteiger partial charge >= 0.3 is 0 Å². The summed E-state index contributed by atoms with van der Waals surface area (Å²) in [5, 5.41) is 10.4. The lowest BCUT2D eigenvalue weighted by atomic mass is 10.1. The normalized spacial score (nSPS) is 11.0. The highest BCUT2D eigenvalue weighted by Crippen LogP contribution is 2.22. The first kappa shape index (κ1) is 14.2. The Morgan fingerprint density at radius 3 is 2.77 bits per heavy atom. The average Bonchev–Trinajstić information content (AvgIpc) is 2.53. The van der Waals surface area contributed by atoms with Crippen LogP contribution in [0.2, 0.25) is 0 Å². The van der Waals surface area contributed by atoms with Gasteiger partial charge in [-0.2, -0.15) is 0 Å². The van der Waals surface area contributed by atoms with Crippen LogP contribution in [0.4, 0.5) is 5.95 Å². The zero-order valence-electron chi connectivity index (χ0n) is 11.8. The number of nitrogens with zero attached hydrogens (tertiary/aromatic N) is 3. The summed E-state index contributed by atoms with van der Waals surface area (Å²) in [4.78, 5) is 27.2. The fourth-order valence-electron chi connectivity index (χ4n) is 2.34. The monoisotopic (exact) mass is 297 g/mol. The van der Waals surface area contributed by atoms with Gasteiger partial charge in [-0.1, -0.05) is 0 Å². The maximum Gasteiger partial charge on any atom is 0.257 e. The molecule has 0 fully saturated rings. The number of rotatable bonds is 4. The van der Waals surface area contributed by atoms with Crippen molar-refractivity contribution in [2.75, 3.05) is 12.3 Å². The molecule has 0 unspecified atom stereocenters. The van der Waals surface area contributed by atoms with Crippen molar-refractivity contribution in [1.82, 2.24) is 19.9 Å². The molecule has 0 saturated heterocycles. The van der Waals surface area contributed by atoms with Crippen molar-refractivity contribution in [1.29, 1.82) is 0 Å². The van der Waals surface area contributed by atoms with E-state index in [-0.39, 0.29) is 18.1 Å². The van der Waals surface area contributed by atoms with Crippen LogP contribution in [0.15, 0.2) is 35.5 Å². The summed E-state index contributed by atoms with van der Waals surface area (Å²) in [6.07, 6.45) is 5.85. The van der Waals surface area contributed by atoms with Gasteiger partial charge in [-0.3, -0.25) is 9.78 Å².